The van der Waals surface area contributed by atoms with Gasteiger partial charge in [-0.05, 0) is 27.0 Å². The number of hydrogen-bond acceptors (Lipinski definition) is 5. The number of amidine groups is 1. The van der Waals surface area contributed by atoms with E-state index in [0.717, 1.165) is 13.1 Å². The van der Waals surface area contributed by atoms with Crippen LogP contribution in [0, 0.1) is 5.41 Å². The van der Waals surface area contributed by atoms with Crippen molar-refractivity contribution in [3.05, 3.63) is 18.0 Å². The van der Waals surface area contributed by atoms with Crippen molar-refractivity contribution in [3.8, 4) is 0 Å². The lowest BCUT2D eigenvalue weighted by Crippen LogP contribution is -2.55. The molecule has 0 radical (unpaired) electrons. The van der Waals surface area contributed by atoms with E-state index < -0.39 is 0 Å². The van der Waals surface area contributed by atoms with Crippen LogP contribution in [0.1, 0.15) is 19.5 Å². The lowest BCUT2D eigenvalue weighted by atomic mass is 10.1. The Bertz CT molecular complexity index is 434. The van der Waals surface area contributed by atoms with Gasteiger partial charge in [0.05, 0.1) is 0 Å². The number of likely N-dealkylation sites (N-methyl/N-ethyl adjacent to an activating group) is 1. The highest BCUT2D eigenvalue weighted by Crippen LogP contribution is 2.17. The van der Waals surface area contributed by atoms with Gasteiger partial charge in [-0.2, -0.15) is 0 Å². The van der Waals surface area contributed by atoms with Gasteiger partial charge in [0.1, 0.15) is 11.5 Å². The normalized spacial score (nSPS) is 25.2. The highest BCUT2D eigenvalue weighted by atomic mass is 15.3. The zero-order valence-electron chi connectivity index (χ0n) is 11.1. The summed E-state index contributed by atoms with van der Waals surface area (Å²) < 4.78 is 0. The van der Waals surface area contributed by atoms with Crippen LogP contribution in [0.15, 0.2) is 12.3 Å². The summed E-state index contributed by atoms with van der Waals surface area (Å²) in [5.74, 6) is 0.642. The van der Waals surface area contributed by atoms with E-state index in [9.17, 15) is 0 Å². The first-order chi connectivity index (χ1) is 8.49. The number of nitrogens with one attached hydrogen (secondary N) is 1. The van der Waals surface area contributed by atoms with Gasteiger partial charge in [-0.1, -0.05) is 0 Å². The summed E-state index contributed by atoms with van der Waals surface area (Å²) in [6.07, 6.45) is 1.66. The molecule has 1 aliphatic rings. The van der Waals surface area contributed by atoms with E-state index in [1.54, 1.807) is 12.3 Å². The molecule has 1 aromatic heterocycles. The number of rotatable bonds is 2. The third kappa shape index (κ3) is 2.43. The van der Waals surface area contributed by atoms with Gasteiger partial charge in [-0.15, -0.1) is 0 Å². The van der Waals surface area contributed by atoms with E-state index in [2.05, 4.69) is 40.7 Å². The summed E-state index contributed by atoms with van der Waals surface area (Å²) in [6.45, 7) is 6.17. The third-order valence-corrected chi connectivity index (χ3v) is 3.56. The molecule has 3 N–H and O–H groups in total. The molecule has 0 bridgehead atoms. The van der Waals surface area contributed by atoms with E-state index in [-0.39, 0.29) is 5.84 Å². The Labute approximate surface area is 107 Å². The van der Waals surface area contributed by atoms with Crippen LogP contribution in [-0.2, 0) is 0 Å². The Morgan fingerprint density at radius 3 is 2.56 bits per heavy atom. The molecule has 1 aliphatic heterocycles. The second kappa shape index (κ2) is 4.89. The van der Waals surface area contributed by atoms with Crippen LogP contribution in [-0.4, -0.2) is 52.9 Å². The molecule has 0 amide bonds. The standard InChI is InChI=1S/C12H20N6/c1-8-6-18(7-9(2)17(8)3)12-15-5-4-10(16-12)11(13)14/h4-5,8-9H,6-7H2,1-3H3,(H3,13,14). The van der Waals surface area contributed by atoms with E-state index in [1.807, 2.05) is 0 Å². The summed E-state index contributed by atoms with van der Waals surface area (Å²) >= 11 is 0. The lowest BCUT2D eigenvalue weighted by Gasteiger charge is -2.42. The molecule has 2 rings (SSSR count). The minimum absolute atomic E-state index is 0.0196. The molecular formula is C12H20N6. The first-order valence-electron chi connectivity index (χ1n) is 6.13. The third-order valence-electron chi connectivity index (χ3n) is 3.56. The maximum Gasteiger partial charge on any atom is 0.226 e. The number of piperazine rings is 1. The van der Waals surface area contributed by atoms with Gasteiger partial charge in [-0.25, -0.2) is 9.97 Å². The Hall–Kier alpha value is -1.69. The summed E-state index contributed by atoms with van der Waals surface area (Å²) in [4.78, 5) is 13.1. The molecule has 2 unspecified atom stereocenters. The molecule has 1 saturated heterocycles. The quantitative estimate of drug-likeness (QED) is 0.580. The summed E-state index contributed by atoms with van der Waals surface area (Å²) in [6, 6.07) is 2.58. The number of nitrogens with two attached hydrogens (primary N) is 1. The zero-order valence-corrected chi connectivity index (χ0v) is 11.1. The van der Waals surface area contributed by atoms with Gasteiger partial charge in [0.15, 0.2) is 0 Å². The Morgan fingerprint density at radius 2 is 2.00 bits per heavy atom. The predicted molar refractivity (Wildman–Crippen MR) is 71.9 cm³/mol. The Kier molecular flexibility index (Phi) is 3.47. The first kappa shape index (κ1) is 12.8. The Balaban J connectivity index is 2.21. The minimum Gasteiger partial charge on any atom is -0.382 e. The number of hydrogen-bond donors (Lipinski definition) is 2. The van der Waals surface area contributed by atoms with Crippen molar-refractivity contribution in [1.29, 1.82) is 5.41 Å². The van der Waals surface area contributed by atoms with E-state index >= 15 is 0 Å². The van der Waals surface area contributed by atoms with Crippen molar-refractivity contribution in [2.75, 3.05) is 25.0 Å². The second-order valence-electron chi connectivity index (χ2n) is 4.92. The molecule has 0 saturated carbocycles. The number of nitrogen functional groups attached to an aromatic ring is 1. The molecule has 2 atom stereocenters. The molecular weight excluding hydrogens is 228 g/mol. The van der Waals surface area contributed by atoms with Crippen LogP contribution >= 0.6 is 0 Å². The summed E-state index contributed by atoms with van der Waals surface area (Å²) in [5, 5.41) is 7.42. The molecule has 0 spiro atoms. The molecule has 2 heterocycles. The largest absolute Gasteiger partial charge is 0.382 e. The van der Waals surface area contributed by atoms with Crippen LogP contribution < -0.4 is 10.6 Å². The van der Waals surface area contributed by atoms with E-state index in [4.69, 9.17) is 11.1 Å². The zero-order chi connectivity index (χ0) is 13.3. The second-order valence-corrected chi connectivity index (χ2v) is 4.92. The van der Waals surface area contributed by atoms with Gasteiger partial charge >= 0.3 is 0 Å². The average Bonchev–Trinajstić information content (AvgIpc) is 2.35. The average molecular weight is 248 g/mol. The van der Waals surface area contributed by atoms with Crippen LogP contribution in [0.3, 0.4) is 0 Å². The molecule has 0 aliphatic carbocycles. The maximum absolute atomic E-state index is 7.42. The van der Waals surface area contributed by atoms with Gasteiger partial charge in [0.25, 0.3) is 0 Å². The van der Waals surface area contributed by atoms with Crippen molar-refractivity contribution in [1.82, 2.24) is 14.9 Å². The van der Waals surface area contributed by atoms with Crippen LogP contribution in [0.4, 0.5) is 5.95 Å². The predicted octanol–water partition coefficient (Wildman–Crippen LogP) is 0.289. The van der Waals surface area contributed by atoms with Gasteiger partial charge in [-0.3, -0.25) is 10.3 Å². The van der Waals surface area contributed by atoms with Crippen LogP contribution in [0.25, 0.3) is 0 Å². The highest BCUT2D eigenvalue weighted by molar-refractivity contribution is 5.93. The molecule has 6 heteroatoms. The van der Waals surface area contributed by atoms with Gasteiger partial charge in [0, 0.05) is 31.4 Å². The van der Waals surface area contributed by atoms with Crippen LogP contribution in [0.5, 0.6) is 0 Å². The summed E-state index contributed by atoms with van der Waals surface area (Å²) in [5.41, 5.74) is 5.94. The topological polar surface area (TPSA) is 82.1 Å². The SMILES string of the molecule is CC1CN(c2nccc(C(=N)N)n2)CC(C)N1C. The van der Waals surface area contributed by atoms with Crippen molar-refractivity contribution in [3.63, 3.8) is 0 Å². The van der Waals surface area contributed by atoms with Gasteiger partial charge < -0.3 is 10.6 Å². The van der Waals surface area contributed by atoms with Crippen molar-refractivity contribution >= 4 is 11.8 Å². The Morgan fingerprint density at radius 1 is 1.39 bits per heavy atom. The molecule has 18 heavy (non-hydrogen) atoms. The first-order valence-corrected chi connectivity index (χ1v) is 6.13. The maximum atomic E-state index is 7.42. The molecule has 1 fully saturated rings. The molecule has 6 nitrogen and oxygen atoms in total. The number of aromatic nitrogens is 2. The lowest BCUT2D eigenvalue weighted by molar-refractivity contribution is 0.169. The fraction of sp³-hybridized carbons (Fsp3) is 0.583. The fourth-order valence-corrected chi connectivity index (χ4v) is 2.22. The van der Waals surface area contributed by atoms with Crippen molar-refractivity contribution < 1.29 is 0 Å². The molecule has 0 aromatic carbocycles. The van der Waals surface area contributed by atoms with Gasteiger partial charge in [0.2, 0.25) is 5.95 Å². The van der Waals surface area contributed by atoms with E-state index in [0.29, 0.717) is 23.7 Å². The van der Waals surface area contributed by atoms with Crippen molar-refractivity contribution in [2.45, 2.75) is 25.9 Å². The van der Waals surface area contributed by atoms with E-state index in [1.165, 1.54) is 0 Å². The highest BCUT2D eigenvalue weighted by Gasteiger charge is 2.27. The number of nitrogens with zero attached hydrogens (tertiary/aromatic N) is 4. The van der Waals surface area contributed by atoms with Crippen LogP contribution in [0.2, 0.25) is 0 Å². The minimum atomic E-state index is -0.0196. The monoisotopic (exact) mass is 248 g/mol. The fourth-order valence-electron chi connectivity index (χ4n) is 2.22. The summed E-state index contributed by atoms with van der Waals surface area (Å²) in [7, 11) is 2.14. The molecule has 1 aromatic rings. The smallest absolute Gasteiger partial charge is 0.226 e. The van der Waals surface area contributed by atoms with Crippen molar-refractivity contribution in [2.24, 2.45) is 5.73 Å². The molecule has 98 valence electrons. The number of anilines is 1.